The van der Waals surface area contributed by atoms with Gasteiger partial charge in [-0.15, -0.1) is 0 Å². The Morgan fingerprint density at radius 3 is 2.69 bits per heavy atom. The summed E-state index contributed by atoms with van der Waals surface area (Å²) in [6.07, 6.45) is 6.45. The Bertz CT molecular complexity index is 193. The van der Waals surface area contributed by atoms with E-state index in [9.17, 15) is 0 Å². The van der Waals surface area contributed by atoms with Gasteiger partial charge in [0.05, 0.1) is 0 Å². The SMILES string of the molecule is CCCC(C)N(C)CC1CC(C)CCC1N. The predicted octanol–water partition coefficient (Wildman–Crippen LogP) is 2.87. The van der Waals surface area contributed by atoms with Gasteiger partial charge in [-0.1, -0.05) is 20.3 Å². The average molecular weight is 226 g/mol. The Balaban J connectivity index is 2.39. The first kappa shape index (κ1) is 14.0. The number of nitrogens with zero attached hydrogens (tertiary/aromatic N) is 1. The van der Waals surface area contributed by atoms with E-state index in [0.717, 1.165) is 5.92 Å². The summed E-state index contributed by atoms with van der Waals surface area (Å²) in [6.45, 7) is 8.15. The van der Waals surface area contributed by atoms with Crippen LogP contribution in [0.5, 0.6) is 0 Å². The second kappa shape index (κ2) is 6.61. The molecule has 0 aromatic heterocycles. The van der Waals surface area contributed by atoms with Crippen molar-refractivity contribution in [3.63, 3.8) is 0 Å². The molecule has 2 nitrogen and oxygen atoms in total. The van der Waals surface area contributed by atoms with Crippen molar-refractivity contribution in [1.82, 2.24) is 4.90 Å². The molecule has 0 saturated heterocycles. The summed E-state index contributed by atoms with van der Waals surface area (Å²) >= 11 is 0. The Morgan fingerprint density at radius 1 is 1.38 bits per heavy atom. The summed E-state index contributed by atoms with van der Waals surface area (Å²) in [5.41, 5.74) is 6.24. The van der Waals surface area contributed by atoms with E-state index in [1.54, 1.807) is 0 Å². The molecule has 1 rings (SSSR count). The average Bonchev–Trinajstić information content (AvgIpc) is 2.23. The molecule has 0 aromatic rings. The zero-order valence-corrected chi connectivity index (χ0v) is 11.6. The third-order valence-corrected chi connectivity index (χ3v) is 4.28. The first-order valence-corrected chi connectivity index (χ1v) is 7.00. The van der Waals surface area contributed by atoms with Crippen LogP contribution in [-0.4, -0.2) is 30.6 Å². The van der Waals surface area contributed by atoms with Gasteiger partial charge in [0.15, 0.2) is 0 Å². The Morgan fingerprint density at radius 2 is 2.06 bits per heavy atom. The van der Waals surface area contributed by atoms with E-state index in [1.807, 2.05) is 0 Å². The molecule has 1 saturated carbocycles. The van der Waals surface area contributed by atoms with Crippen molar-refractivity contribution >= 4 is 0 Å². The fraction of sp³-hybridized carbons (Fsp3) is 1.00. The van der Waals surface area contributed by atoms with Crippen LogP contribution in [-0.2, 0) is 0 Å². The predicted molar refractivity (Wildman–Crippen MR) is 71.5 cm³/mol. The molecule has 1 fully saturated rings. The van der Waals surface area contributed by atoms with Crippen LogP contribution in [0.15, 0.2) is 0 Å². The van der Waals surface area contributed by atoms with Crippen molar-refractivity contribution in [3.05, 3.63) is 0 Å². The monoisotopic (exact) mass is 226 g/mol. The van der Waals surface area contributed by atoms with Gasteiger partial charge in [0.25, 0.3) is 0 Å². The maximum Gasteiger partial charge on any atom is 0.00795 e. The van der Waals surface area contributed by atoms with Gasteiger partial charge in [0.1, 0.15) is 0 Å². The number of rotatable bonds is 5. The molecule has 1 aliphatic carbocycles. The zero-order chi connectivity index (χ0) is 12.1. The summed E-state index contributed by atoms with van der Waals surface area (Å²) in [5.74, 6) is 1.59. The van der Waals surface area contributed by atoms with E-state index in [1.165, 1.54) is 38.6 Å². The summed E-state index contributed by atoms with van der Waals surface area (Å²) in [5, 5.41) is 0. The molecule has 4 atom stereocenters. The highest BCUT2D eigenvalue weighted by atomic mass is 15.1. The van der Waals surface area contributed by atoms with Crippen molar-refractivity contribution < 1.29 is 0 Å². The highest BCUT2D eigenvalue weighted by molar-refractivity contribution is 4.83. The van der Waals surface area contributed by atoms with E-state index in [4.69, 9.17) is 5.73 Å². The van der Waals surface area contributed by atoms with Crippen LogP contribution < -0.4 is 5.73 Å². The standard InChI is InChI=1S/C14H30N2/c1-5-6-12(3)16(4)10-13-9-11(2)7-8-14(13)15/h11-14H,5-10,15H2,1-4H3. The molecule has 16 heavy (non-hydrogen) atoms. The van der Waals surface area contributed by atoms with Crippen molar-refractivity contribution in [1.29, 1.82) is 0 Å². The molecule has 0 amide bonds. The van der Waals surface area contributed by atoms with E-state index in [0.29, 0.717) is 18.0 Å². The van der Waals surface area contributed by atoms with E-state index in [-0.39, 0.29) is 0 Å². The summed E-state index contributed by atoms with van der Waals surface area (Å²) in [4.78, 5) is 2.51. The minimum Gasteiger partial charge on any atom is -0.327 e. The highest BCUT2D eigenvalue weighted by Gasteiger charge is 2.27. The largest absolute Gasteiger partial charge is 0.327 e. The van der Waals surface area contributed by atoms with Gasteiger partial charge in [0, 0.05) is 18.6 Å². The van der Waals surface area contributed by atoms with Gasteiger partial charge in [-0.2, -0.15) is 0 Å². The molecule has 0 aliphatic heterocycles. The van der Waals surface area contributed by atoms with E-state index >= 15 is 0 Å². The van der Waals surface area contributed by atoms with Gasteiger partial charge in [-0.25, -0.2) is 0 Å². The summed E-state index contributed by atoms with van der Waals surface area (Å²) < 4.78 is 0. The highest BCUT2D eigenvalue weighted by Crippen LogP contribution is 2.28. The fourth-order valence-corrected chi connectivity index (χ4v) is 2.92. The Labute approximate surface area is 102 Å². The summed E-state index contributed by atoms with van der Waals surface area (Å²) in [6, 6.07) is 1.14. The molecule has 0 spiro atoms. The lowest BCUT2D eigenvalue weighted by molar-refractivity contribution is 0.150. The lowest BCUT2D eigenvalue weighted by Gasteiger charge is -2.37. The maximum absolute atomic E-state index is 6.24. The van der Waals surface area contributed by atoms with Crippen LogP contribution in [0.4, 0.5) is 0 Å². The molecule has 0 aromatic carbocycles. The van der Waals surface area contributed by atoms with Crippen molar-refractivity contribution in [3.8, 4) is 0 Å². The van der Waals surface area contributed by atoms with Crippen LogP contribution in [0, 0.1) is 11.8 Å². The van der Waals surface area contributed by atoms with E-state index < -0.39 is 0 Å². The molecule has 96 valence electrons. The van der Waals surface area contributed by atoms with Crippen LogP contribution >= 0.6 is 0 Å². The molecule has 0 bridgehead atoms. The van der Waals surface area contributed by atoms with Crippen molar-refractivity contribution in [2.24, 2.45) is 17.6 Å². The first-order valence-electron chi connectivity index (χ1n) is 7.00. The fourth-order valence-electron chi connectivity index (χ4n) is 2.92. The molecule has 4 unspecified atom stereocenters. The van der Waals surface area contributed by atoms with Crippen molar-refractivity contribution in [2.75, 3.05) is 13.6 Å². The molecular formula is C14H30N2. The topological polar surface area (TPSA) is 29.3 Å². The van der Waals surface area contributed by atoms with Gasteiger partial charge in [0.2, 0.25) is 0 Å². The van der Waals surface area contributed by atoms with Crippen LogP contribution in [0.1, 0.15) is 52.9 Å². The quantitative estimate of drug-likeness (QED) is 0.781. The molecule has 2 N–H and O–H groups in total. The lowest BCUT2D eigenvalue weighted by atomic mass is 9.79. The van der Waals surface area contributed by atoms with Gasteiger partial charge < -0.3 is 10.6 Å². The van der Waals surface area contributed by atoms with Gasteiger partial charge >= 0.3 is 0 Å². The van der Waals surface area contributed by atoms with Crippen molar-refractivity contribution in [2.45, 2.75) is 65.0 Å². The van der Waals surface area contributed by atoms with Crippen LogP contribution in [0.3, 0.4) is 0 Å². The molecule has 1 aliphatic rings. The second-order valence-corrected chi connectivity index (χ2v) is 5.92. The molecule has 0 radical (unpaired) electrons. The number of nitrogens with two attached hydrogens (primary N) is 1. The maximum atomic E-state index is 6.24. The summed E-state index contributed by atoms with van der Waals surface area (Å²) in [7, 11) is 2.26. The van der Waals surface area contributed by atoms with E-state index in [2.05, 4.69) is 32.7 Å². The van der Waals surface area contributed by atoms with Gasteiger partial charge in [-0.05, 0) is 51.5 Å². The molecular weight excluding hydrogens is 196 g/mol. The molecule has 2 heteroatoms. The third kappa shape index (κ3) is 4.06. The number of hydrogen-bond acceptors (Lipinski definition) is 2. The Hall–Kier alpha value is -0.0800. The number of hydrogen-bond donors (Lipinski definition) is 1. The second-order valence-electron chi connectivity index (χ2n) is 5.92. The van der Waals surface area contributed by atoms with Gasteiger partial charge in [-0.3, -0.25) is 0 Å². The minimum atomic E-state index is 0.437. The normalized spacial score (nSPS) is 33.0. The zero-order valence-electron chi connectivity index (χ0n) is 11.6. The van der Waals surface area contributed by atoms with Crippen LogP contribution in [0.25, 0.3) is 0 Å². The lowest BCUT2D eigenvalue weighted by Crippen LogP contribution is -2.44. The Kier molecular flexibility index (Phi) is 5.77. The smallest absolute Gasteiger partial charge is 0.00795 e. The first-order chi connectivity index (χ1) is 7.54. The molecule has 0 heterocycles. The minimum absolute atomic E-state index is 0.437. The van der Waals surface area contributed by atoms with Crippen LogP contribution in [0.2, 0.25) is 0 Å². The third-order valence-electron chi connectivity index (χ3n) is 4.28.